The minimum atomic E-state index is 0.526. The molecule has 2 rings (SSSR count). The minimum absolute atomic E-state index is 0.526. The molecule has 0 aromatic heterocycles. The van der Waals surface area contributed by atoms with Crippen LogP contribution in [0.2, 0.25) is 0 Å². The van der Waals surface area contributed by atoms with Gasteiger partial charge in [0.05, 0.1) is 0 Å². The van der Waals surface area contributed by atoms with Gasteiger partial charge in [-0.25, -0.2) is 0 Å². The highest BCUT2D eigenvalue weighted by Crippen LogP contribution is 2.42. The first kappa shape index (κ1) is 9.51. The van der Waals surface area contributed by atoms with Crippen LogP contribution in [0.4, 0.5) is 0 Å². The number of hydrogen-bond acceptors (Lipinski definition) is 1. The molecule has 3 atom stereocenters. The fourth-order valence-electron chi connectivity index (χ4n) is 2.93. The Labute approximate surface area is 82.1 Å². The quantitative estimate of drug-likeness (QED) is 0.711. The van der Waals surface area contributed by atoms with Crippen LogP contribution in [0.25, 0.3) is 0 Å². The van der Waals surface area contributed by atoms with E-state index in [4.69, 9.17) is 5.73 Å². The van der Waals surface area contributed by atoms with E-state index in [2.05, 4.69) is 6.92 Å². The topological polar surface area (TPSA) is 26.0 Å². The smallest absolute Gasteiger partial charge is 0.00724 e. The summed E-state index contributed by atoms with van der Waals surface area (Å²) in [6.07, 6.45) is 9.99. The van der Waals surface area contributed by atoms with Crippen molar-refractivity contribution in [1.29, 1.82) is 0 Å². The molecule has 0 aliphatic heterocycles. The van der Waals surface area contributed by atoms with Crippen molar-refractivity contribution in [1.82, 2.24) is 0 Å². The van der Waals surface area contributed by atoms with Crippen LogP contribution in [0, 0.1) is 17.8 Å². The largest absolute Gasteiger partial charge is 0.327 e. The molecule has 0 bridgehead atoms. The molecular formula is C12H23N. The van der Waals surface area contributed by atoms with Crippen LogP contribution in [0.3, 0.4) is 0 Å². The Kier molecular flexibility index (Phi) is 2.92. The maximum Gasteiger partial charge on any atom is 0.00724 e. The molecule has 0 aromatic rings. The summed E-state index contributed by atoms with van der Waals surface area (Å²) < 4.78 is 0. The van der Waals surface area contributed by atoms with Gasteiger partial charge < -0.3 is 5.73 Å². The summed E-state index contributed by atoms with van der Waals surface area (Å²) in [6.45, 7) is 2.34. The Balaban J connectivity index is 1.70. The number of rotatable bonds is 3. The Morgan fingerprint density at radius 3 is 2.38 bits per heavy atom. The SMILES string of the molecule is CC1CC1C(N)CC1CCCCC1. The number of nitrogens with two attached hydrogens (primary N) is 1. The predicted molar refractivity (Wildman–Crippen MR) is 56.4 cm³/mol. The fourth-order valence-corrected chi connectivity index (χ4v) is 2.93. The highest BCUT2D eigenvalue weighted by atomic mass is 14.7. The molecule has 2 N–H and O–H groups in total. The summed E-state index contributed by atoms with van der Waals surface area (Å²) in [5, 5.41) is 0. The monoisotopic (exact) mass is 181 g/mol. The van der Waals surface area contributed by atoms with E-state index in [0.29, 0.717) is 6.04 Å². The lowest BCUT2D eigenvalue weighted by Crippen LogP contribution is -2.27. The lowest BCUT2D eigenvalue weighted by atomic mass is 9.84. The van der Waals surface area contributed by atoms with E-state index >= 15 is 0 Å². The normalized spacial score (nSPS) is 37.4. The van der Waals surface area contributed by atoms with Gasteiger partial charge in [0.1, 0.15) is 0 Å². The lowest BCUT2D eigenvalue weighted by molar-refractivity contribution is 0.305. The molecule has 0 saturated heterocycles. The highest BCUT2D eigenvalue weighted by molar-refractivity contribution is 4.91. The van der Waals surface area contributed by atoms with E-state index < -0.39 is 0 Å². The van der Waals surface area contributed by atoms with Crippen molar-refractivity contribution >= 4 is 0 Å². The predicted octanol–water partition coefficient (Wildman–Crippen LogP) is 2.94. The van der Waals surface area contributed by atoms with E-state index in [-0.39, 0.29) is 0 Å². The van der Waals surface area contributed by atoms with Crippen LogP contribution < -0.4 is 5.73 Å². The maximum atomic E-state index is 6.20. The van der Waals surface area contributed by atoms with Crippen LogP contribution in [0.5, 0.6) is 0 Å². The van der Waals surface area contributed by atoms with E-state index in [1.807, 2.05) is 0 Å². The zero-order chi connectivity index (χ0) is 9.26. The van der Waals surface area contributed by atoms with Crippen molar-refractivity contribution in [2.45, 2.75) is 57.9 Å². The van der Waals surface area contributed by atoms with Crippen LogP contribution in [0.15, 0.2) is 0 Å². The molecule has 3 unspecified atom stereocenters. The maximum absolute atomic E-state index is 6.20. The highest BCUT2D eigenvalue weighted by Gasteiger charge is 2.38. The zero-order valence-corrected chi connectivity index (χ0v) is 8.84. The molecule has 2 aliphatic carbocycles. The molecule has 2 aliphatic rings. The second-order valence-corrected chi connectivity index (χ2v) is 5.28. The van der Waals surface area contributed by atoms with Crippen molar-refractivity contribution < 1.29 is 0 Å². The summed E-state index contributed by atoms with van der Waals surface area (Å²) in [6, 6.07) is 0.526. The van der Waals surface area contributed by atoms with Crippen LogP contribution in [-0.4, -0.2) is 6.04 Å². The Hall–Kier alpha value is -0.0400. The first-order chi connectivity index (χ1) is 6.27. The molecule has 1 heteroatoms. The van der Waals surface area contributed by atoms with Gasteiger partial charge in [0.2, 0.25) is 0 Å². The molecule has 0 spiro atoms. The van der Waals surface area contributed by atoms with Gasteiger partial charge in [-0.2, -0.15) is 0 Å². The second-order valence-electron chi connectivity index (χ2n) is 5.28. The molecule has 13 heavy (non-hydrogen) atoms. The van der Waals surface area contributed by atoms with Crippen LogP contribution in [-0.2, 0) is 0 Å². The van der Waals surface area contributed by atoms with E-state index in [1.165, 1.54) is 44.9 Å². The first-order valence-corrected chi connectivity index (χ1v) is 6.03. The average Bonchev–Trinajstić information content (AvgIpc) is 2.84. The van der Waals surface area contributed by atoms with Gasteiger partial charge in [-0.3, -0.25) is 0 Å². The van der Waals surface area contributed by atoms with Gasteiger partial charge in [0, 0.05) is 6.04 Å². The summed E-state index contributed by atoms with van der Waals surface area (Å²) in [5.74, 6) is 2.78. The summed E-state index contributed by atoms with van der Waals surface area (Å²) >= 11 is 0. The van der Waals surface area contributed by atoms with Crippen molar-refractivity contribution in [2.75, 3.05) is 0 Å². The van der Waals surface area contributed by atoms with Gasteiger partial charge in [-0.05, 0) is 30.6 Å². The Morgan fingerprint density at radius 2 is 1.85 bits per heavy atom. The molecular weight excluding hydrogens is 158 g/mol. The molecule has 0 heterocycles. The van der Waals surface area contributed by atoms with Gasteiger partial charge in [0.25, 0.3) is 0 Å². The van der Waals surface area contributed by atoms with Crippen molar-refractivity contribution in [3.63, 3.8) is 0 Å². The molecule has 2 saturated carbocycles. The Morgan fingerprint density at radius 1 is 1.23 bits per heavy atom. The third-order valence-corrected chi connectivity index (χ3v) is 4.05. The van der Waals surface area contributed by atoms with E-state index in [0.717, 1.165) is 17.8 Å². The Bertz CT molecular complexity index is 161. The molecule has 0 radical (unpaired) electrons. The standard InChI is InChI=1S/C12H23N/c1-9-7-11(9)12(13)8-10-5-3-2-4-6-10/h9-12H,2-8,13H2,1H3. The average molecular weight is 181 g/mol. The van der Waals surface area contributed by atoms with E-state index in [9.17, 15) is 0 Å². The molecule has 2 fully saturated rings. The molecule has 1 nitrogen and oxygen atoms in total. The lowest BCUT2D eigenvalue weighted by Gasteiger charge is -2.24. The fraction of sp³-hybridized carbons (Fsp3) is 1.00. The van der Waals surface area contributed by atoms with Gasteiger partial charge in [-0.15, -0.1) is 0 Å². The third-order valence-electron chi connectivity index (χ3n) is 4.05. The van der Waals surface area contributed by atoms with Crippen LogP contribution in [0.1, 0.15) is 51.9 Å². The summed E-state index contributed by atoms with van der Waals surface area (Å²) in [4.78, 5) is 0. The minimum Gasteiger partial charge on any atom is -0.327 e. The summed E-state index contributed by atoms with van der Waals surface area (Å²) in [7, 11) is 0. The zero-order valence-electron chi connectivity index (χ0n) is 8.84. The van der Waals surface area contributed by atoms with Crippen LogP contribution >= 0.6 is 0 Å². The summed E-state index contributed by atoms with van der Waals surface area (Å²) in [5.41, 5.74) is 6.20. The van der Waals surface area contributed by atoms with Gasteiger partial charge in [0.15, 0.2) is 0 Å². The second kappa shape index (κ2) is 4.00. The van der Waals surface area contributed by atoms with Gasteiger partial charge in [-0.1, -0.05) is 39.0 Å². The molecule has 0 amide bonds. The van der Waals surface area contributed by atoms with E-state index in [1.54, 1.807) is 0 Å². The van der Waals surface area contributed by atoms with Crippen molar-refractivity contribution in [2.24, 2.45) is 23.5 Å². The first-order valence-electron chi connectivity index (χ1n) is 6.03. The third kappa shape index (κ3) is 2.46. The van der Waals surface area contributed by atoms with Gasteiger partial charge >= 0.3 is 0 Å². The molecule has 76 valence electrons. The van der Waals surface area contributed by atoms with Crippen molar-refractivity contribution in [3.8, 4) is 0 Å². The number of hydrogen-bond donors (Lipinski definition) is 1. The molecule has 0 aromatic carbocycles. The van der Waals surface area contributed by atoms with Crippen molar-refractivity contribution in [3.05, 3.63) is 0 Å².